The second-order valence-corrected chi connectivity index (χ2v) is 5.99. The van der Waals surface area contributed by atoms with Gasteiger partial charge in [-0.05, 0) is 12.8 Å². The Balaban J connectivity index is 3.47. The molecule has 112 valence electrons. The first-order chi connectivity index (χ1) is 8.88. The standard InChI is InChI=1S/C15H29NO3/c1-15(2,3)14(18)16-13(17)11-9-7-5-6-8-10-12-19-4/h5-12H2,1-4H3,(H,16,17,18). The van der Waals surface area contributed by atoms with Gasteiger partial charge in [0, 0.05) is 25.6 Å². The number of unbranched alkanes of at least 4 members (excludes halogenated alkanes) is 5. The number of amides is 2. The van der Waals surface area contributed by atoms with Gasteiger partial charge in [0.15, 0.2) is 0 Å². The molecule has 0 fully saturated rings. The highest BCUT2D eigenvalue weighted by atomic mass is 16.5. The Morgan fingerprint density at radius 3 is 2.00 bits per heavy atom. The highest BCUT2D eigenvalue weighted by Gasteiger charge is 2.22. The Morgan fingerprint density at radius 2 is 1.47 bits per heavy atom. The molecular formula is C15H29NO3. The van der Waals surface area contributed by atoms with Crippen molar-refractivity contribution in [2.75, 3.05) is 13.7 Å². The van der Waals surface area contributed by atoms with Crippen LogP contribution in [0.1, 0.15) is 65.7 Å². The van der Waals surface area contributed by atoms with Crippen LogP contribution < -0.4 is 5.32 Å². The molecule has 0 atom stereocenters. The number of methoxy groups -OCH3 is 1. The lowest BCUT2D eigenvalue weighted by molar-refractivity contribution is -0.135. The van der Waals surface area contributed by atoms with Crippen molar-refractivity contribution in [2.45, 2.75) is 65.7 Å². The van der Waals surface area contributed by atoms with Crippen LogP contribution in [0.15, 0.2) is 0 Å². The third-order valence-electron chi connectivity index (χ3n) is 2.94. The van der Waals surface area contributed by atoms with E-state index in [9.17, 15) is 9.59 Å². The second kappa shape index (κ2) is 9.96. The lowest BCUT2D eigenvalue weighted by atomic mass is 9.95. The highest BCUT2D eigenvalue weighted by Crippen LogP contribution is 2.13. The number of carbonyl (C=O) groups excluding carboxylic acids is 2. The van der Waals surface area contributed by atoms with Gasteiger partial charge in [0.1, 0.15) is 0 Å². The molecule has 4 nitrogen and oxygen atoms in total. The number of carbonyl (C=O) groups is 2. The Kier molecular flexibility index (Phi) is 9.48. The number of hydrogen-bond acceptors (Lipinski definition) is 3. The van der Waals surface area contributed by atoms with Gasteiger partial charge < -0.3 is 4.74 Å². The maximum atomic E-state index is 11.6. The topological polar surface area (TPSA) is 55.4 Å². The van der Waals surface area contributed by atoms with Crippen molar-refractivity contribution in [3.05, 3.63) is 0 Å². The summed E-state index contributed by atoms with van der Waals surface area (Å²) in [4.78, 5) is 23.1. The smallest absolute Gasteiger partial charge is 0.231 e. The molecule has 0 aromatic heterocycles. The van der Waals surface area contributed by atoms with E-state index < -0.39 is 5.41 Å². The van der Waals surface area contributed by atoms with Gasteiger partial charge in [-0.3, -0.25) is 14.9 Å². The Morgan fingerprint density at radius 1 is 0.947 bits per heavy atom. The summed E-state index contributed by atoms with van der Waals surface area (Å²) in [5.41, 5.74) is -0.503. The zero-order valence-electron chi connectivity index (χ0n) is 12.9. The molecule has 0 aromatic carbocycles. The fourth-order valence-electron chi connectivity index (χ4n) is 1.62. The quantitative estimate of drug-likeness (QED) is 0.656. The lowest BCUT2D eigenvalue weighted by Gasteiger charge is -2.16. The first kappa shape index (κ1) is 18.1. The molecule has 0 aliphatic rings. The van der Waals surface area contributed by atoms with E-state index in [1.165, 1.54) is 12.8 Å². The van der Waals surface area contributed by atoms with Crippen molar-refractivity contribution in [1.82, 2.24) is 5.32 Å². The van der Waals surface area contributed by atoms with E-state index in [0.717, 1.165) is 32.3 Å². The van der Waals surface area contributed by atoms with Gasteiger partial charge in [0.05, 0.1) is 0 Å². The van der Waals surface area contributed by atoms with Crippen molar-refractivity contribution in [3.8, 4) is 0 Å². The van der Waals surface area contributed by atoms with E-state index >= 15 is 0 Å². The minimum Gasteiger partial charge on any atom is -0.385 e. The molecular weight excluding hydrogens is 242 g/mol. The molecule has 0 aliphatic heterocycles. The van der Waals surface area contributed by atoms with Crippen molar-refractivity contribution >= 4 is 11.8 Å². The van der Waals surface area contributed by atoms with Crippen LogP contribution in [-0.2, 0) is 14.3 Å². The van der Waals surface area contributed by atoms with E-state index in [1.54, 1.807) is 27.9 Å². The van der Waals surface area contributed by atoms with Crippen molar-refractivity contribution in [2.24, 2.45) is 5.41 Å². The van der Waals surface area contributed by atoms with Crippen LogP contribution >= 0.6 is 0 Å². The van der Waals surface area contributed by atoms with Crippen LogP contribution in [0, 0.1) is 5.41 Å². The summed E-state index contributed by atoms with van der Waals surface area (Å²) in [6, 6.07) is 0. The number of ether oxygens (including phenoxy) is 1. The fourth-order valence-corrected chi connectivity index (χ4v) is 1.62. The van der Waals surface area contributed by atoms with Crippen LogP contribution in [-0.4, -0.2) is 25.5 Å². The van der Waals surface area contributed by atoms with E-state index in [0.29, 0.717) is 6.42 Å². The zero-order valence-corrected chi connectivity index (χ0v) is 12.9. The predicted octanol–water partition coefficient (Wildman–Crippen LogP) is 3.05. The normalized spacial score (nSPS) is 11.4. The summed E-state index contributed by atoms with van der Waals surface area (Å²) in [6.45, 7) is 6.23. The van der Waals surface area contributed by atoms with E-state index in [4.69, 9.17) is 4.74 Å². The monoisotopic (exact) mass is 271 g/mol. The number of imide groups is 1. The predicted molar refractivity (Wildman–Crippen MR) is 76.8 cm³/mol. The summed E-state index contributed by atoms with van der Waals surface area (Å²) in [7, 11) is 1.72. The van der Waals surface area contributed by atoms with Crippen molar-refractivity contribution in [3.63, 3.8) is 0 Å². The SMILES string of the molecule is COCCCCCCCCC(=O)NC(=O)C(C)(C)C. The third-order valence-corrected chi connectivity index (χ3v) is 2.94. The largest absolute Gasteiger partial charge is 0.385 e. The molecule has 0 aliphatic carbocycles. The second-order valence-electron chi connectivity index (χ2n) is 5.99. The van der Waals surface area contributed by atoms with Crippen LogP contribution in [0.2, 0.25) is 0 Å². The molecule has 4 heteroatoms. The highest BCUT2D eigenvalue weighted by molar-refractivity contribution is 5.97. The maximum absolute atomic E-state index is 11.6. The minimum absolute atomic E-state index is 0.153. The Hall–Kier alpha value is -0.900. The van der Waals surface area contributed by atoms with Crippen LogP contribution in [0.25, 0.3) is 0 Å². The van der Waals surface area contributed by atoms with Gasteiger partial charge in [-0.15, -0.1) is 0 Å². The van der Waals surface area contributed by atoms with Gasteiger partial charge >= 0.3 is 0 Å². The number of hydrogen-bond donors (Lipinski definition) is 1. The maximum Gasteiger partial charge on any atom is 0.231 e. The molecule has 19 heavy (non-hydrogen) atoms. The van der Waals surface area contributed by atoms with Crippen molar-refractivity contribution in [1.29, 1.82) is 0 Å². The molecule has 0 radical (unpaired) electrons. The van der Waals surface area contributed by atoms with Crippen LogP contribution in [0.3, 0.4) is 0 Å². The summed E-state index contributed by atoms with van der Waals surface area (Å²) >= 11 is 0. The first-order valence-electron chi connectivity index (χ1n) is 7.21. The zero-order chi connectivity index (χ0) is 14.7. The van der Waals surface area contributed by atoms with Gasteiger partial charge in [-0.1, -0.05) is 46.5 Å². The Labute approximate surface area is 117 Å². The molecule has 0 heterocycles. The molecule has 0 spiro atoms. The average Bonchev–Trinajstić information content (AvgIpc) is 2.31. The molecule has 1 N–H and O–H groups in total. The molecule has 0 rings (SSSR count). The van der Waals surface area contributed by atoms with E-state index in [2.05, 4.69) is 5.32 Å². The number of nitrogens with one attached hydrogen (secondary N) is 1. The van der Waals surface area contributed by atoms with Crippen molar-refractivity contribution < 1.29 is 14.3 Å². The minimum atomic E-state index is -0.503. The molecule has 0 saturated carbocycles. The first-order valence-corrected chi connectivity index (χ1v) is 7.21. The van der Waals surface area contributed by atoms with E-state index in [1.807, 2.05) is 0 Å². The summed E-state index contributed by atoms with van der Waals surface area (Å²) < 4.78 is 4.98. The molecule has 0 unspecified atom stereocenters. The average molecular weight is 271 g/mol. The summed E-state index contributed by atoms with van der Waals surface area (Å²) in [5.74, 6) is -0.351. The number of rotatable bonds is 9. The van der Waals surface area contributed by atoms with Crippen LogP contribution in [0.4, 0.5) is 0 Å². The Bertz CT molecular complexity index is 269. The molecule has 0 saturated heterocycles. The van der Waals surface area contributed by atoms with E-state index in [-0.39, 0.29) is 11.8 Å². The molecule has 0 bridgehead atoms. The fraction of sp³-hybridized carbons (Fsp3) is 0.867. The van der Waals surface area contributed by atoms with Crippen LogP contribution in [0.5, 0.6) is 0 Å². The molecule has 2 amide bonds. The van der Waals surface area contributed by atoms with Gasteiger partial charge in [-0.2, -0.15) is 0 Å². The molecule has 0 aromatic rings. The van der Waals surface area contributed by atoms with Gasteiger partial charge in [-0.25, -0.2) is 0 Å². The summed E-state index contributed by atoms with van der Waals surface area (Å²) in [5, 5.41) is 2.44. The third kappa shape index (κ3) is 10.7. The lowest BCUT2D eigenvalue weighted by Crippen LogP contribution is -2.38. The van der Waals surface area contributed by atoms with Gasteiger partial charge in [0.2, 0.25) is 11.8 Å². The summed E-state index contributed by atoms with van der Waals surface area (Å²) in [6.07, 6.45) is 6.97. The van der Waals surface area contributed by atoms with Gasteiger partial charge in [0.25, 0.3) is 0 Å².